The molecule has 0 aliphatic carbocycles. The minimum Gasteiger partial charge on any atom is -0.330 e. The number of carbonyl (C=O) groups is 1. The second-order valence-corrected chi connectivity index (χ2v) is 3.40. The van der Waals surface area contributed by atoms with Gasteiger partial charge in [-0.3, -0.25) is 4.79 Å². The van der Waals surface area contributed by atoms with Crippen molar-refractivity contribution in [3.63, 3.8) is 0 Å². The molecule has 1 unspecified atom stereocenters. The Labute approximate surface area is 79.8 Å². The lowest BCUT2D eigenvalue weighted by molar-refractivity contribution is -0.124. The van der Waals surface area contributed by atoms with Crippen LogP contribution >= 0.6 is 0 Å². The van der Waals surface area contributed by atoms with Gasteiger partial charge < -0.3 is 17.2 Å². The molecule has 0 fully saturated rings. The Morgan fingerprint density at radius 2 is 1.85 bits per heavy atom. The van der Waals surface area contributed by atoms with Gasteiger partial charge in [-0.25, -0.2) is 0 Å². The van der Waals surface area contributed by atoms with Crippen molar-refractivity contribution in [2.75, 3.05) is 13.1 Å². The lowest BCUT2D eigenvalue weighted by Crippen LogP contribution is -2.34. The molecule has 6 N–H and O–H groups in total. The van der Waals surface area contributed by atoms with Crippen LogP contribution in [0.3, 0.4) is 0 Å². The molecule has 2 atom stereocenters. The average molecular weight is 187 g/mol. The van der Waals surface area contributed by atoms with E-state index in [1.54, 1.807) is 6.92 Å². The van der Waals surface area contributed by atoms with E-state index in [0.29, 0.717) is 13.1 Å². The highest BCUT2D eigenvalue weighted by atomic mass is 16.1. The fourth-order valence-electron chi connectivity index (χ4n) is 1.37. The molecule has 0 saturated heterocycles. The van der Waals surface area contributed by atoms with Crippen molar-refractivity contribution in [3.05, 3.63) is 0 Å². The topological polar surface area (TPSA) is 95.1 Å². The average Bonchev–Trinajstić information content (AvgIpc) is 2.11. The van der Waals surface area contributed by atoms with Crippen LogP contribution in [0.2, 0.25) is 0 Å². The minimum absolute atomic E-state index is 0.00792. The number of carbonyl (C=O) groups excluding carboxylic acids is 1. The molecule has 0 radical (unpaired) electrons. The summed E-state index contributed by atoms with van der Waals surface area (Å²) in [6.07, 6.45) is 2.40. The SMILES string of the molecule is C[C@H](N)C(=O)C(CCN)CCCN. The van der Waals surface area contributed by atoms with Crippen LogP contribution in [0.5, 0.6) is 0 Å². The first kappa shape index (κ1) is 12.6. The first-order valence-corrected chi connectivity index (χ1v) is 4.83. The van der Waals surface area contributed by atoms with E-state index in [2.05, 4.69) is 0 Å². The highest BCUT2D eigenvalue weighted by molar-refractivity contribution is 5.85. The molecular weight excluding hydrogens is 166 g/mol. The van der Waals surface area contributed by atoms with Crippen molar-refractivity contribution in [3.8, 4) is 0 Å². The smallest absolute Gasteiger partial charge is 0.152 e. The van der Waals surface area contributed by atoms with Gasteiger partial charge in [0.15, 0.2) is 5.78 Å². The summed E-state index contributed by atoms with van der Waals surface area (Å²) in [5.74, 6) is 0.118. The standard InChI is InChI=1S/C9H21N3O/c1-7(12)9(13)8(4-6-11)3-2-5-10/h7-8H,2-6,10-12H2,1H3/t7-,8?/m0/s1. The summed E-state index contributed by atoms with van der Waals surface area (Å²) in [7, 11) is 0. The first-order valence-electron chi connectivity index (χ1n) is 4.83. The van der Waals surface area contributed by atoms with E-state index in [1.165, 1.54) is 0 Å². The van der Waals surface area contributed by atoms with Crippen LogP contribution in [-0.4, -0.2) is 24.9 Å². The fourth-order valence-corrected chi connectivity index (χ4v) is 1.37. The predicted molar refractivity (Wildman–Crippen MR) is 54.1 cm³/mol. The van der Waals surface area contributed by atoms with Gasteiger partial charge in [-0.15, -0.1) is 0 Å². The summed E-state index contributed by atoms with van der Waals surface area (Å²) in [4.78, 5) is 11.5. The van der Waals surface area contributed by atoms with Crippen LogP contribution in [0, 0.1) is 5.92 Å². The van der Waals surface area contributed by atoms with Crippen LogP contribution in [0.4, 0.5) is 0 Å². The third-order valence-electron chi connectivity index (χ3n) is 2.12. The molecule has 0 amide bonds. The number of rotatable bonds is 7. The Hall–Kier alpha value is -0.450. The van der Waals surface area contributed by atoms with Crippen molar-refractivity contribution in [2.24, 2.45) is 23.1 Å². The number of ketones is 1. The van der Waals surface area contributed by atoms with E-state index >= 15 is 0 Å². The Kier molecular flexibility index (Phi) is 6.76. The van der Waals surface area contributed by atoms with E-state index in [4.69, 9.17) is 17.2 Å². The van der Waals surface area contributed by atoms with Crippen LogP contribution in [0.1, 0.15) is 26.2 Å². The molecule has 0 spiro atoms. The second kappa shape index (κ2) is 7.00. The van der Waals surface area contributed by atoms with Gasteiger partial charge in [0.05, 0.1) is 6.04 Å². The maximum atomic E-state index is 11.5. The van der Waals surface area contributed by atoms with Gasteiger partial charge in [-0.1, -0.05) is 0 Å². The number of nitrogens with two attached hydrogens (primary N) is 3. The van der Waals surface area contributed by atoms with Crippen molar-refractivity contribution in [2.45, 2.75) is 32.2 Å². The van der Waals surface area contributed by atoms with E-state index < -0.39 is 0 Å². The Balaban J connectivity index is 3.99. The second-order valence-electron chi connectivity index (χ2n) is 3.40. The molecular formula is C9H21N3O. The van der Waals surface area contributed by atoms with Crippen molar-refractivity contribution in [1.29, 1.82) is 0 Å². The van der Waals surface area contributed by atoms with E-state index in [-0.39, 0.29) is 17.7 Å². The maximum Gasteiger partial charge on any atom is 0.152 e. The Morgan fingerprint density at radius 1 is 1.23 bits per heavy atom. The Morgan fingerprint density at radius 3 is 2.23 bits per heavy atom. The van der Waals surface area contributed by atoms with E-state index in [0.717, 1.165) is 19.3 Å². The number of hydrogen-bond acceptors (Lipinski definition) is 4. The zero-order chi connectivity index (χ0) is 10.3. The highest BCUT2D eigenvalue weighted by Gasteiger charge is 2.19. The molecule has 0 heterocycles. The molecule has 0 rings (SSSR count). The van der Waals surface area contributed by atoms with Gasteiger partial charge in [0.1, 0.15) is 0 Å². The van der Waals surface area contributed by atoms with Crippen molar-refractivity contribution >= 4 is 5.78 Å². The van der Waals surface area contributed by atoms with Crippen LogP contribution in [0.25, 0.3) is 0 Å². The third kappa shape index (κ3) is 4.98. The minimum atomic E-state index is -0.380. The zero-order valence-electron chi connectivity index (χ0n) is 8.33. The van der Waals surface area contributed by atoms with E-state index in [9.17, 15) is 4.79 Å². The van der Waals surface area contributed by atoms with Gasteiger partial charge in [-0.05, 0) is 39.3 Å². The van der Waals surface area contributed by atoms with Crippen LogP contribution < -0.4 is 17.2 Å². The molecule has 0 bridgehead atoms. The molecule has 0 saturated carbocycles. The summed E-state index contributed by atoms with van der Waals surface area (Å²) in [6.45, 7) is 2.87. The molecule has 4 heteroatoms. The first-order chi connectivity index (χ1) is 6.13. The summed E-state index contributed by atoms with van der Waals surface area (Å²) in [5, 5.41) is 0. The Bertz CT molecular complexity index is 148. The highest BCUT2D eigenvalue weighted by Crippen LogP contribution is 2.12. The third-order valence-corrected chi connectivity index (χ3v) is 2.12. The van der Waals surface area contributed by atoms with E-state index in [1.807, 2.05) is 0 Å². The predicted octanol–water partition coefficient (Wildman–Crippen LogP) is -0.393. The fraction of sp³-hybridized carbons (Fsp3) is 0.889. The molecule has 0 aromatic heterocycles. The number of Topliss-reactive ketones (excluding diaryl/α,β-unsaturated/α-hetero) is 1. The van der Waals surface area contributed by atoms with Gasteiger partial charge in [0.2, 0.25) is 0 Å². The molecule has 0 aromatic rings. The van der Waals surface area contributed by atoms with Crippen LogP contribution in [-0.2, 0) is 4.79 Å². The molecule has 0 aromatic carbocycles. The lowest BCUT2D eigenvalue weighted by Gasteiger charge is -2.16. The normalized spacial score (nSPS) is 15.4. The van der Waals surface area contributed by atoms with Gasteiger partial charge in [-0.2, -0.15) is 0 Å². The van der Waals surface area contributed by atoms with Gasteiger partial charge in [0.25, 0.3) is 0 Å². The summed E-state index contributed by atoms with van der Waals surface area (Å²) >= 11 is 0. The molecule has 13 heavy (non-hydrogen) atoms. The molecule has 78 valence electrons. The van der Waals surface area contributed by atoms with Gasteiger partial charge in [0, 0.05) is 5.92 Å². The quantitative estimate of drug-likeness (QED) is 0.505. The monoisotopic (exact) mass is 187 g/mol. The molecule has 0 aliphatic heterocycles. The maximum absolute atomic E-state index is 11.5. The summed E-state index contributed by atoms with van der Waals surface area (Å²) in [5.41, 5.74) is 16.3. The largest absolute Gasteiger partial charge is 0.330 e. The lowest BCUT2D eigenvalue weighted by atomic mass is 9.91. The van der Waals surface area contributed by atoms with Crippen molar-refractivity contribution in [1.82, 2.24) is 0 Å². The summed E-state index contributed by atoms with van der Waals surface area (Å²) < 4.78 is 0. The molecule has 4 nitrogen and oxygen atoms in total. The van der Waals surface area contributed by atoms with Crippen molar-refractivity contribution < 1.29 is 4.79 Å². The molecule has 0 aliphatic rings. The summed E-state index contributed by atoms with van der Waals surface area (Å²) in [6, 6.07) is -0.380. The van der Waals surface area contributed by atoms with Gasteiger partial charge >= 0.3 is 0 Å². The number of hydrogen-bond donors (Lipinski definition) is 3. The zero-order valence-corrected chi connectivity index (χ0v) is 8.33. The van der Waals surface area contributed by atoms with Crippen LogP contribution in [0.15, 0.2) is 0 Å².